The lowest BCUT2D eigenvalue weighted by atomic mass is 10.2. The van der Waals surface area contributed by atoms with Crippen molar-refractivity contribution in [2.75, 3.05) is 12.4 Å². The molecule has 1 rings (SSSR count). The zero-order valence-corrected chi connectivity index (χ0v) is 7.76. The minimum absolute atomic E-state index is 0.0796. The lowest BCUT2D eigenvalue weighted by Gasteiger charge is -2.04. The maximum Gasteiger partial charge on any atom is 0.409 e. The standard InChI is InChI=1S/C8H8N2O5/c1-15-7-3-2-5(9-8(11)12)4-6(7)10(13)14/h2-4,9H,1H3,(H,11,12). The van der Waals surface area contributed by atoms with Crippen LogP contribution in [0.15, 0.2) is 18.2 Å². The monoisotopic (exact) mass is 212 g/mol. The highest BCUT2D eigenvalue weighted by Crippen LogP contribution is 2.29. The number of anilines is 1. The van der Waals surface area contributed by atoms with Gasteiger partial charge in [-0.1, -0.05) is 0 Å². The predicted octanol–water partition coefficient (Wildman–Crippen LogP) is 1.69. The van der Waals surface area contributed by atoms with Crippen molar-refractivity contribution < 1.29 is 19.6 Å². The van der Waals surface area contributed by atoms with E-state index >= 15 is 0 Å². The van der Waals surface area contributed by atoms with Crippen LogP contribution in [0.4, 0.5) is 16.2 Å². The Hall–Kier alpha value is -2.31. The van der Waals surface area contributed by atoms with Crippen molar-refractivity contribution in [2.24, 2.45) is 0 Å². The van der Waals surface area contributed by atoms with Crippen LogP contribution >= 0.6 is 0 Å². The summed E-state index contributed by atoms with van der Waals surface area (Å²) in [6, 6.07) is 3.79. The van der Waals surface area contributed by atoms with Crippen LogP contribution in [0.3, 0.4) is 0 Å². The average Bonchev–Trinajstić information content (AvgIpc) is 2.16. The molecule has 7 nitrogen and oxygen atoms in total. The van der Waals surface area contributed by atoms with Gasteiger partial charge in [-0.3, -0.25) is 15.4 Å². The Morgan fingerprint density at radius 1 is 1.60 bits per heavy atom. The maximum atomic E-state index is 10.6. The van der Waals surface area contributed by atoms with Gasteiger partial charge in [-0.05, 0) is 12.1 Å². The highest BCUT2D eigenvalue weighted by molar-refractivity contribution is 5.83. The summed E-state index contributed by atoms with van der Waals surface area (Å²) in [6.07, 6.45) is -1.28. The Morgan fingerprint density at radius 3 is 2.73 bits per heavy atom. The summed E-state index contributed by atoms with van der Waals surface area (Å²) < 4.78 is 4.75. The fraction of sp³-hybridized carbons (Fsp3) is 0.125. The van der Waals surface area contributed by atoms with Crippen LogP contribution in [-0.2, 0) is 0 Å². The average molecular weight is 212 g/mol. The lowest BCUT2D eigenvalue weighted by Crippen LogP contribution is -2.07. The molecule has 0 aliphatic carbocycles. The van der Waals surface area contributed by atoms with Crippen molar-refractivity contribution in [3.8, 4) is 5.75 Å². The Balaban J connectivity index is 3.10. The van der Waals surface area contributed by atoms with E-state index in [4.69, 9.17) is 9.84 Å². The summed E-state index contributed by atoms with van der Waals surface area (Å²) in [5.41, 5.74) is -0.168. The van der Waals surface area contributed by atoms with Gasteiger partial charge < -0.3 is 9.84 Å². The fourth-order valence-corrected chi connectivity index (χ4v) is 1.03. The molecule has 0 aliphatic rings. The third-order valence-corrected chi connectivity index (χ3v) is 1.63. The highest BCUT2D eigenvalue weighted by Gasteiger charge is 2.15. The van der Waals surface area contributed by atoms with Crippen molar-refractivity contribution in [3.63, 3.8) is 0 Å². The first-order valence-electron chi connectivity index (χ1n) is 3.87. The van der Waals surface area contributed by atoms with Crippen molar-refractivity contribution in [3.05, 3.63) is 28.3 Å². The first-order valence-corrected chi connectivity index (χ1v) is 3.87. The molecule has 0 bridgehead atoms. The van der Waals surface area contributed by atoms with Gasteiger partial charge >= 0.3 is 11.8 Å². The molecule has 0 spiro atoms. The number of carboxylic acid groups (broad SMARTS) is 1. The summed E-state index contributed by atoms with van der Waals surface area (Å²) in [4.78, 5) is 20.2. The van der Waals surface area contributed by atoms with E-state index in [1.54, 1.807) is 0 Å². The molecular formula is C8H8N2O5. The molecule has 1 aromatic rings. The first-order chi connectivity index (χ1) is 7.04. The zero-order valence-electron chi connectivity index (χ0n) is 7.76. The number of carbonyl (C=O) groups is 1. The van der Waals surface area contributed by atoms with Crippen LogP contribution < -0.4 is 10.1 Å². The number of hydrogen-bond donors (Lipinski definition) is 2. The fourth-order valence-electron chi connectivity index (χ4n) is 1.03. The van der Waals surface area contributed by atoms with E-state index in [1.165, 1.54) is 19.2 Å². The number of hydrogen-bond acceptors (Lipinski definition) is 4. The Bertz CT molecular complexity index is 404. The SMILES string of the molecule is COc1ccc(NC(=O)O)cc1[N+](=O)[O-]. The Morgan fingerprint density at radius 2 is 2.27 bits per heavy atom. The Kier molecular flexibility index (Phi) is 3.06. The van der Waals surface area contributed by atoms with E-state index in [0.29, 0.717) is 0 Å². The zero-order chi connectivity index (χ0) is 11.4. The van der Waals surface area contributed by atoms with E-state index in [0.717, 1.165) is 6.07 Å². The van der Waals surface area contributed by atoms with E-state index in [2.05, 4.69) is 0 Å². The minimum Gasteiger partial charge on any atom is -0.490 e. The number of benzene rings is 1. The smallest absolute Gasteiger partial charge is 0.409 e. The van der Waals surface area contributed by atoms with Gasteiger partial charge in [0.15, 0.2) is 5.75 Å². The van der Waals surface area contributed by atoms with Crippen LogP contribution in [0, 0.1) is 10.1 Å². The molecule has 0 fully saturated rings. The van der Waals surface area contributed by atoms with Gasteiger partial charge in [-0.25, -0.2) is 4.79 Å². The molecule has 0 radical (unpaired) electrons. The molecule has 7 heteroatoms. The number of nitrogens with one attached hydrogen (secondary N) is 1. The molecule has 80 valence electrons. The molecule has 0 aliphatic heterocycles. The van der Waals surface area contributed by atoms with E-state index in [-0.39, 0.29) is 17.1 Å². The third kappa shape index (κ3) is 2.56. The maximum absolute atomic E-state index is 10.6. The van der Waals surface area contributed by atoms with E-state index < -0.39 is 11.0 Å². The largest absolute Gasteiger partial charge is 0.490 e. The summed E-state index contributed by atoms with van der Waals surface area (Å²) in [7, 11) is 1.30. The molecule has 15 heavy (non-hydrogen) atoms. The lowest BCUT2D eigenvalue weighted by molar-refractivity contribution is -0.385. The third-order valence-electron chi connectivity index (χ3n) is 1.63. The topological polar surface area (TPSA) is 102 Å². The van der Waals surface area contributed by atoms with Gasteiger partial charge in [-0.2, -0.15) is 0 Å². The van der Waals surface area contributed by atoms with Crippen LogP contribution in [0.2, 0.25) is 0 Å². The molecule has 0 heterocycles. The first kappa shape index (κ1) is 10.8. The van der Waals surface area contributed by atoms with Crippen LogP contribution in [0.1, 0.15) is 0 Å². The summed E-state index contributed by atoms with van der Waals surface area (Å²) in [6.45, 7) is 0. The highest BCUT2D eigenvalue weighted by atomic mass is 16.6. The van der Waals surface area contributed by atoms with Crippen LogP contribution in [0.25, 0.3) is 0 Å². The van der Waals surface area contributed by atoms with Crippen molar-refractivity contribution in [2.45, 2.75) is 0 Å². The summed E-state index contributed by atoms with van der Waals surface area (Å²) in [5.74, 6) is 0.0796. The molecule has 0 saturated heterocycles. The number of nitro benzene ring substituents is 1. The van der Waals surface area contributed by atoms with E-state index in [1.807, 2.05) is 5.32 Å². The molecule has 0 aromatic heterocycles. The number of nitrogens with zero attached hydrogens (tertiary/aromatic N) is 1. The van der Waals surface area contributed by atoms with Crippen molar-refractivity contribution >= 4 is 17.5 Å². The second kappa shape index (κ2) is 4.27. The second-order valence-electron chi connectivity index (χ2n) is 2.57. The van der Waals surface area contributed by atoms with Gasteiger partial charge in [0.05, 0.1) is 17.7 Å². The Labute approximate surface area is 84.4 Å². The number of methoxy groups -OCH3 is 1. The minimum atomic E-state index is -1.28. The van der Waals surface area contributed by atoms with Crippen LogP contribution in [0.5, 0.6) is 5.75 Å². The molecule has 0 saturated carbocycles. The van der Waals surface area contributed by atoms with E-state index in [9.17, 15) is 14.9 Å². The van der Waals surface area contributed by atoms with Crippen molar-refractivity contribution in [1.82, 2.24) is 0 Å². The number of rotatable bonds is 3. The molecule has 0 unspecified atom stereocenters. The summed E-state index contributed by atoms with van der Waals surface area (Å²) in [5, 5.41) is 21.0. The number of ether oxygens (including phenoxy) is 1. The van der Waals surface area contributed by atoms with Gasteiger partial charge in [0.2, 0.25) is 0 Å². The number of amides is 1. The van der Waals surface area contributed by atoms with Gasteiger partial charge in [0.25, 0.3) is 0 Å². The normalized spacial score (nSPS) is 9.40. The number of nitro groups is 1. The van der Waals surface area contributed by atoms with Crippen LogP contribution in [-0.4, -0.2) is 23.2 Å². The predicted molar refractivity (Wildman–Crippen MR) is 51.3 cm³/mol. The second-order valence-corrected chi connectivity index (χ2v) is 2.57. The van der Waals surface area contributed by atoms with Crippen molar-refractivity contribution in [1.29, 1.82) is 0 Å². The molecule has 0 atom stereocenters. The quantitative estimate of drug-likeness (QED) is 0.586. The molecule has 1 amide bonds. The molecular weight excluding hydrogens is 204 g/mol. The van der Waals surface area contributed by atoms with Gasteiger partial charge in [0, 0.05) is 6.07 Å². The van der Waals surface area contributed by atoms with Gasteiger partial charge in [-0.15, -0.1) is 0 Å². The molecule has 1 aromatic carbocycles. The van der Waals surface area contributed by atoms with Gasteiger partial charge in [0.1, 0.15) is 0 Å². The molecule has 2 N–H and O–H groups in total. The summed E-state index contributed by atoms with van der Waals surface area (Å²) >= 11 is 0.